The summed E-state index contributed by atoms with van der Waals surface area (Å²) in [4.78, 5) is 6.45. The molecule has 2 fully saturated rings. The van der Waals surface area contributed by atoms with Gasteiger partial charge < -0.3 is 4.90 Å². The second kappa shape index (κ2) is 5.04. The summed E-state index contributed by atoms with van der Waals surface area (Å²) >= 11 is 5.77. The first-order valence-electron chi connectivity index (χ1n) is 6.77. The molecule has 98 valence electrons. The fraction of sp³-hybridized carbons (Fsp3) is 0.643. The van der Waals surface area contributed by atoms with E-state index < -0.39 is 0 Å². The highest BCUT2D eigenvalue weighted by atomic mass is 35.5. The Kier molecular flexibility index (Phi) is 3.42. The minimum absolute atomic E-state index is 0.212. The third-order valence-corrected chi connectivity index (χ3v) is 4.65. The molecule has 4 heteroatoms. The second-order valence-electron chi connectivity index (χ2n) is 5.34. The third kappa shape index (κ3) is 1.99. The summed E-state index contributed by atoms with van der Waals surface area (Å²) in [6.07, 6.45) is 7.84. The molecule has 0 radical (unpaired) electrons. The van der Waals surface area contributed by atoms with Crippen LogP contribution in [0.5, 0.6) is 0 Å². The number of pyridine rings is 1. The molecule has 1 saturated carbocycles. The Bertz CT molecular complexity index is 438. The van der Waals surface area contributed by atoms with Crippen LogP contribution in [0.2, 0.25) is 0 Å². The van der Waals surface area contributed by atoms with Gasteiger partial charge >= 0.3 is 0 Å². The van der Waals surface area contributed by atoms with Crippen molar-refractivity contribution in [3.05, 3.63) is 23.6 Å². The molecule has 1 aromatic heterocycles. The normalized spacial score (nSPS) is 27.3. The number of hydrogen-bond donors (Lipinski definition) is 0. The van der Waals surface area contributed by atoms with Crippen molar-refractivity contribution >= 4 is 17.4 Å². The Hall–Kier alpha value is -0.830. The summed E-state index contributed by atoms with van der Waals surface area (Å²) in [5, 5.41) is 0. The largest absolute Gasteiger partial charge is 0.351 e. The highest BCUT2D eigenvalue weighted by molar-refractivity contribution is 6.17. The van der Waals surface area contributed by atoms with Crippen molar-refractivity contribution in [3.8, 4) is 0 Å². The van der Waals surface area contributed by atoms with Crippen LogP contribution in [0.25, 0.3) is 0 Å². The fourth-order valence-electron chi connectivity index (χ4n) is 3.49. The topological polar surface area (TPSA) is 16.1 Å². The van der Waals surface area contributed by atoms with E-state index in [9.17, 15) is 4.39 Å². The first-order chi connectivity index (χ1) is 8.81. The standard InChI is InChI=1S/C14H18ClFN2/c15-9-11-6-7-17-14(13(11)16)18-8-2-4-10-3-1-5-12(10)18/h6-7,10,12H,1-5,8-9H2. The quantitative estimate of drug-likeness (QED) is 0.760. The number of rotatable bonds is 2. The molecule has 18 heavy (non-hydrogen) atoms. The number of fused-ring (bicyclic) bond motifs is 1. The van der Waals surface area contributed by atoms with Gasteiger partial charge in [0.05, 0.1) is 5.88 Å². The zero-order valence-corrected chi connectivity index (χ0v) is 11.2. The third-order valence-electron chi connectivity index (χ3n) is 4.36. The first-order valence-corrected chi connectivity index (χ1v) is 7.30. The van der Waals surface area contributed by atoms with E-state index in [1.807, 2.05) is 0 Å². The van der Waals surface area contributed by atoms with E-state index in [0.717, 1.165) is 18.9 Å². The zero-order valence-electron chi connectivity index (χ0n) is 10.4. The molecule has 1 aromatic rings. The maximum Gasteiger partial charge on any atom is 0.170 e. The van der Waals surface area contributed by atoms with Crippen molar-refractivity contribution in [2.45, 2.75) is 44.0 Å². The maximum atomic E-state index is 14.3. The van der Waals surface area contributed by atoms with Crippen LogP contribution in [-0.4, -0.2) is 17.6 Å². The van der Waals surface area contributed by atoms with Crippen LogP contribution in [-0.2, 0) is 5.88 Å². The number of hydrogen-bond acceptors (Lipinski definition) is 2. The number of alkyl halides is 1. The van der Waals surface area contributed by atoms with Gasteiger partial charge in [-0.2, -0.15) is 0 Å². The minimum Gasteiger partial charge on any atom is -0.351 e. The second-order valence-corrected chi connectivity index (χ2v) is 5.60. The SMILES string of the molecule is Fc1c(CCl)ccnc1N1CCCC2CCCC21. The number of halogens is 2. The molecular formula is C14H18ClFN2. The average molecular weight is 269 g/mol. The maximum absolute atomic E-state index is 14.3. The zero-order chi connectivity index (χ0) is 12.5. The van der Waals surface area contributed by atoms with Gasteiger partial charge in [0.2, 0.25) is 0 Å². The fourth-order valence-corrected chi connectivity index (χ4v) is 3.70. The number of nitrogens with zero attached hydrogens (tertiary/aromatic N) is 2. The molecule has 0 aromatic carbocycles. The van der Waals surface area contributed by atoms with Gasteiger partial charge in [-0.25, -0.2) is 9.37 Å². The van der Waals surface area contributed by atoms with E-state index in [2.05, 4.69) is 9.88 Å². The predicted octanol–water partition coefficient (Wildman–Crippen LogP) is 3.73. The van der Waals surface area contributed by atoms with Crippen molar-refractivity contribution in [1.82, 2.24) is 4.98 Å². The van der Waals surface area contributed by atoms with Gasteiger partial charge in [0.25, 0.3) is 0 Å². The van der Waals surface area contributed by atoms with Gasteiger partial charge in [0.15, 0.2) is 11.6 Å². The highest BCUT2D eigenvalue weighted by Crippen LogP contribution is 2.39. The van der Waals surface area contributed by atoms with Gasteiger partial charge in [0.1, 0.15) is 0 Å². The van der Waals surface area contributed by atoms with Crippen LogP contribution in [0.4, 0.5) is 10.2 Å². The van der Waals surface area contributed by atoms with E-state index in [1.54, 1.807) is 12.3 Å². The van der Waals surface area contributed by atoms with Gasteiger partial charge in [-0.15, -0.1) is 11.6 Å². The van der Waals surface area contributed by atoms with Gasteiger partial charge in [0, 0.05) is 24.3 Å². The van der Waals surface area contributed by atoms with Crippen LogP contribution in [0.3, 0.4) is 0 Å². The van der Waals surface area contributed by atoms with E-state index in [-0.39, 0.29) is 11.7 Å². The Morgan fingerprint density at radius 1 is 1.33 bits per heavy atom. The molecule has 2 aliphatic rings. The lowest BCUT2D eigenvalue weighted by atomic mass is 9.92. The van der Waals surface area contributed by atoms with Crippen LogP contribution in [0.1, 0.15) is 37.7 Å². The summed E-state index contributed by atoms with van der Waals surface area (Å²) in [7, 11) is 0. The molecule has 1 aliphatic carbocycles. The lowest BCUT2D eigenvalue weighted by molar-refractivity contribution is 0.357. The molecule has 2 unspecified atom stereocenters. The predicted molar refractivity (Wildman–Crippen MR) is 71.5 cm³/mol. The molecule has 0 bridgehead atoms. The van der Waals surface area contributed by atoms with Crippen LogP contribution >= 0.6 is 11.6 Å². The van der Waals surface area contributed by atoms with E-state index in [4.69, 9.17) is 11.6 Å². The Balaban J connectivity index is 1.93. The van der Waals surface area contributed by atoms with Crippen molar-refractivity contribution in [1.29, 1.82) is 0 Å². The lowest BCUT2D eigenvalue weighted by Crippen LogP contribution is -2.43. The summed E-state index contributed by atoms with van der Waals surface area (Å²) < 4.78 is 14.3. The summed E-state index contributed by atoms with van der Waals surface area (Å²) in [6.45, 7) is 0.927. The smallest absolute Gasteiger partial charge is 0.170 e. The first kappa shape index (κ1) is 12.2. The van der Waals surface area contributed by atoms with E-state index in [1.165, 1.54) is 25.7 Å². The van der Waals surface area contributed by atoms with Crippen molar-refractivity contribution in [2.75, 3.05) is 11.4 Å². The summed E-state index contributed by atoms with van der Waals surface area (Å²) in [5.41, 5.74) is 0.557. The van der Waals surface area contributed by atoms with Crippen molar-refractivity contribution in [2.24, 2.45) is 5.92 Å². The molecule has 2 nitrogen and oxygen atoms in total. The molecule has 0 amide bonds. The van der Waals surface area contributed by atoms with Gasteiger partial charge in [-0.05, 0) is 37.7 Å². The molecule has 2 atom stereocenters. The number of anilines is 1. The Morgan fingerprint density at radius 3 is 3.00 bits per heavy atom. The molecule has 2 heterocycles. The molecule has 0 spiro atoms. The monoisotopic (exact) mass is 268 g/mol. The van der Waals surface area contributed by atoms with Crippen molar-refractivity contribution < 1.29 is 4.39 Å². The Labute approximate surface area is 112 Å². The van der Waals surface area contributed by atoms with Crippen LogP contribution in [0, 0.1) is 11.7 Å². The Morgan fingerprint density at radius 2 is 2.17 bits per heavy atom. The van der Waals surface area contributed by atoms with Crippen molar-refractivity contribution in [3.63, 3.8) is 0 Å². The van der Waals surface area contributed by atoms with E-state index >= 15 is 0 Å². The minimum atomic E-state index is -0.222. The van der Waals surface area contributed by atoms with Gasteiger partial charge in [-0.3, -0.25) is 0 Å². The number of aromatic nitrogens is 1. The lowest BCUT2D eigenvalue weighted by Gasteiger charge is -2.38. The molecule has 1 aliphatic heterocycles. The number of piperidine rings is 1. The summed E-state index contributed by atoms with van der Waals surface area (Å²) in [6, 6.07) is 2.16. The van der Waals surface area contributed by atoms with Gasteiger partial charge in [-0.1, -0.05) is 6.42 Å². The molecular weight excluding hydrogens is 251 g/mol. The van der Waals surface area contributed by atoms with Crippen LogP contribution in [0.15, 0.2) is 12.3 Å². The van der Waals surface area contributed by atoms with E-state index in [0.29, 0.717) is 17.4 Å². The molecule has 3 rings (SSSR count). The average Bonchev–Trinajstić information content (AvgIpc) is 2.87. The summed E-state index contributed by atoms with van der Waals surface area (Å²) in [5.74, 6) is 1.24. The highest BCUT2D eigenvalue weighted by Gasteiger charge is 2.36. The van der Waals surface area contributed by atoms with Crippen LogP contribution < -0.4 is 4.90 Å². The molecule has 0 N–H and O–H groups in total. The molecule has 1 saturated heterocycles.